The van der Waals surface area contributed by atoms with Crippen molar-refractivity contribution >= 4 is 12.1 Å². The van der Waals surface area contributed by atoms with Crippen LogP contribution in [0.5, 0.6) is 5.75 Å². The van der Waals surface area contributed by atoms with E-state index in [-0.39, 0.29) is 42.8 Å². The number of carbonyl (C=O) groups is 2. The average molecular weight is 513 g/mol. The number of carbonyl (C=O) groups excluding carboxylic acids is 2. The molecule has 1 amide bonds. The summed E-state index contributed by atoms with van der Waals surface area (Å²) >= 11 is 0. The van der Waals surface area contributed by atoms with Gasteiger partial charge in [0.2, 0.25) is 0 Å². The maximum absolute atomic E-state index is 12.6. The Balaban J connectivity index is 1.40. The Morgan fingerprint density at radius 1 is 1.14 bits per heavy atom. The molecule has 2 saturated carbocycles. The molecule has 9 heteroatoms. The summed E-state index contributed by atoms with van der Waals surface area (Å²) in [6.45, 7) is 5.77. The molecule has 0 saturated heterocycles. The molecular formula is C28H40N4O5. The van der Waals surface area contributed by atoms with Crippen molar-refractivity contribution in [2.45, 2.75) is 97.0 Å². The molecule has 0 radical (unpaired) electrons. The number of aromatic nitrogens is 3. The molecule has 2 fully saturated rings. The fourth-order valence-corrected chi connectivity index (χ4v) is 5.29. The van der Waals surface area contributed by atoms with Gasteiger partial charge in [0.05, 0.1) is 41.5 Å². The Hall–Kier alpha value is -3.10. The first-order chi connectivity index (χ1) is 17.7. The van der Waals surface area contributed by atoms with Crippen molar-refractivity contribution in [3.8, 4) is 17.1 Å². The zero-order chi connectivity index (χ0) is 26.5. The predicted octanol–water partition coefficient (Wildman–Crippen LogP) is 5.19. The molecule has 37 heavy (non-hydrogen) atoms. The topological polar surface area (TPSA) is 95.8 Å². The van der Waals surface area contributed by atoms with Gasteiger partial charge in [-0.15, -0.1) is 0 Å². The first-order valence-corrected chi connectivity index (χ1v) is 13.5. The van der Waals surface area contributed by atoms with Crippen LogP contribution in [0.2, 0.25) is 0 Å². The number of nitrogens with zero attached hydrogens (tertiary/aromatic N) is 4. The zero-order valence-electron chi connectivity index (χ0n) is 22.7. The lowest BCUT2D eigenvalue weighted by atomic mass is 9.87. The van der Waals surface area contributed by atoms with E-state index < -0.39 is 0 Å². The number of esters is 1. The molecule has 2 aromatic heterocycles. The first-order valence-electron chi connectivity index (χ1n) is 13.5. The van der Waals surface area contributed by atoms with E-state index in [2.05, 4.69) is 4.98 Å². The number of amides is 1. The monoisotopic (exact) mass is 512 g/mol. The summed E-state index contributed by atoms with van der Waals surface area (Å²) in [7, 11) is 3.70. The fourth-order valence-electron chi connectivity index (χ4n) is 5.29. The second kappa shape index (κ2) is 12.0. The van der Waals surface area contributed by atoms with Gasteiger partial charge in [-0.3, -0.25) is 4.79 Å². The number of ether oxygens (including phenoxy) is 3. The Morgan fingerprint density at radius 3 is 2.59 bits per heavy atom. The molecule has 0 unspecified atom stereocenters. The van der Waals surface area contributed by atoms with Crippen LogP contribution in [0.25, 0.3) is 11.4 Å². The van der Waals surface area contributed by atoms with Gasteiger partial charge in [-0.05, 0) is 71.4 Å². The maximum Gasteiger partial charge on any atom is 0.410 e. The van der Waals surface area contributed by atoms with Crippen LogP contribution >= 0.6 is 0 Å². The summed E-state index contributed by atoms with van der Waals surface area (Å²) in [5.41, 5.74) is 2.91. The molecule has 2 atom stereocenters. The van der Waals surface area contributed by atoms with Crippen LogP contribution in [0.1, 0.15) is 76.6 Å². The molecule has 2 aliphatic carbocycles. The van der Waals surface area contributed by atoms with Gasteiger partial charge in [-0.25, -0.2) is 14.8 Å². The third-order valence-corrected chi connectivity index (χ3v) is 7.44. The standard InChI is InChI=1S/C28H40N4O5/c1-18(2)36-27(33)20-9-8-12-22(15-20)37-25-14-13-23(30-19(25)3)26-24(31(4)17-29-26)16-35-28(34)32(5)21-10-6-7-11-21/h13-14,17-18,20-22H,6-12,15-16H2,1-5H3/t20-,22-/m0/s1. The lowest BCUT2D eigenvalue weighted by Crippen LogP contribution is -2.35. The molecule has 2 heterocycles. The lowest BCUT2D eigenvalue weighted by molar-refractivity contribution is -0.154. The highest BCUT2D eigenvalue weighted by Gasteiger charge is 2.30. The molecule has 0 aliphatic heterocycles. The molecule has 9 nitrogen and oxygen atoms in total. The minimum Gasteiger partial charge on any atom is -0.489 e. The smallest absolute Gasteiger partial charge is 0.410 e. The SMILES string of the molecule is Cc1nc(-c2ncn(C)c2COC(=O)N(C)C2CCCC2)ccc1O[C@H]1CCC[C@H](C(=O)OC(C)C)C1. The van der Waals surface area contributed by atoms with E-state index in [9.17, 15) is 9.59 Å². The van der Waals surface area contributed by atoms with Gasteiger partial charge in [0, 0.05) is 20.1 Å². The summed E-state index contributed by atoms with van der Waals surface area (Å²) in [6, 6.07) is 4.05. The molecule has 0 bridgehead atoms. The van der Waals surface area contributed by atoms with Gasteiger partial charge in [0.1, 0.15) is 18.1 Å². The van der Waals surface area contributed by atoms with E-state index in [0.29, 0.717) is 23.6 Å². The lowest BCUT2D eigenvalue weighted by Gasteiger charge is -2.29. The molecule has 4 rings (SSSR count). The van der Waals surface area contributed by atoms with Crippen molar-refractivity contribution in [3.05, 3.63) is 29.8 Å². The van der Waals surface area contributed by atoms with Crippen molar-refractivity contribution in [1.29, 1.82) is 0 Å². The second-order valence-corrected chi connectivity index (χ2v) is 10.6. The highest BCUT2D eigenvalue weighted by molar-refractivity contribution is 5.72. The van der Waals surface area contributed by atoms with Crippen LogP contribution in [0, 0.1) is 12.8 Å². The minimum absolute atomic E-state index is 0.0495. The number of aryl methyl sites for hydroxylation is 2. The molecule has 2 aromatic rings. The Kier molecular flexibility index (Phi) is 8.71. The summed E-state index contributed by atoms with van der Waals surface area (Å²) in [6.07, 6.45) is 8.93. The van der Waals surface area contributed by atoms with Crippen molar-refractivity contribution in [1.82, 2.24) is 19.4 Å². The Morgan fingerprint density at radius 2 is 1.89 bits per heavy atom. The first kappa shape index (κ1) is 26.9. The molecule has 202 valence electrons. The Bertz CT molecular complexity index is 1090. The third-order valence-electron chi connectivity index (χ3n) is 7.44. The number of rotatable bonds is 8. The van der Waals surface area contributed by atoms with Gasteiger partial charge in [0.25, 0.3) is 0 Å². The Labute approximate surface area is 219 Å². The summed E-state index contributed by atoms with van der Waals surface area (Å²) in [5.74, 6) is 0.445. The van der Waals surface area contributed by atoms with Gasteiger partial charge in [0.15, 0.2) is 0 Å². The highest BCUT2D eigenvalue weighted by atomic mass is 16.6. The van der Waals surface area contributed by atoms with Crippen LogP contribution in [-0.4, -0.2) is 56.8 Å². The predicted molar refractivity (Wildman–Crippen MR) is 139 cm³/mol. The molecular weight excluding hydrogens is 472 g/mol. The summed E-state index contributed by atoms with van der Waals surface area (Å²) in [5, 5.41) is 0. The average Bonchev–Trinajstić information content (AvgIpc) is 3.53. The van der Waals surface area contributed by atoms with Crippen LogP contribution in [0.15, 0.2) is 18.5 Å². The normalized spacial score (nSPS) is 20.2. The maximum atomic E-state index is 12.6. The van der Waals surface area contributed by atoms with Crippen LogP contribution in [-0.2, 0) is 27.9 Å². The number of hydrogen-bond donors (Lipinski definition) is 0. The van der Waals surface area contributed by atoms with E-state index in [1.54, 1.807) is 11.2 Å². The van der Waals surface area contributed by atoms with E-state index in [1.807, 2.05) is 51.6 Å². The van der Waals surface area contributed by atoms with E-state index in [4.69, 9.17) is 19.2 Å². The van der Waals surface area contributed by atoms with Gasteiger partial charge in [-0.2, -0.15) is 0 Å². The van der Waals surface area contributed by atoms with Gasteiger partial charge >= 0.3 is 12.1 Å². The number of pyridine rings is 1. The molecule has 0 N–H and O–H groups in total. The van der Waals surface area contributed by atoms with Crippen LogP contribution < -0.4 is 4.74 Å². The number of imidazole rings is 1. The van der Waals surface area contributed by atoms with Crippen molar-refractivity contribution in [2.24, 2.45) is 13.0 Å². The molecule has 2 aliphatic rings. The summed E-state index contributed by atoms with van der Waals surface area (Å²) < 4.78 is 19.2. The quantitative estimate of drug-likeness (QED) is 0.449. The third kappa shape index (κ3) is 6.62. The largest absolute Gasteiger partial charge is 0.489 e. The second-order valence-electron chi connectivity index (χ2n) is 10.6. The molecule has 0 spiro atoms. The van der Waals surface area contributed by atoms with Gasteiger partial charge < -0.3 is 23.7 Å². The summed E-state index contributed by atoms with van der Waals surface area (Å²) in [4.78, 5) is 36.0. The highest BCUT2D eigenvalue weighted by Crippen LogP contribution is 2.31. The minimum atomic E-state index is -0.310. The fraction of sp³-hybridized carbons (Fsp3) is 0.643. The zero-order valence-corrected chi connectivity index (χ0v) is 22.7. The van der Waals surface area contributed by atoms with E-state index in [1.165, 1.54) is 0 Å². The van der Waals surface area contributed by atoms with E-state index in [0.717, 1.165) is 56.3 Å². The van der Waals surface area contributed by atoms with Crippen LogP contribution in [0.4, 0.5) is 4.79 Å². The van der Waals surface area contributed by atoms with Crippen molar-refractivity contribution in [3.63, 3.8) is 0 Å². The van der Waals surface area contributed by atoms with E-state index >= 15 is 0 Å². The van der Waals surface area contributed by atoms with Gasteiger partial charge in [-0.1, -0.05) is 12.8 Å². The van der Waals surface area contributed by atoms with Crippen molar-refractivity contribution < 1.29 is 23.8 Å². The van der Waals surface area contributed by atoms with Crippen molar-refractivity contribution in [2.75, 3.05) is 7.05 Å². The molecule has 0 aromatic carbocycles. The number of hydrogen-bond acceptors (Lipinski definition) is 7. The van der Waals surface area contributed by atoms with Crippen LogP contribution in [0.3, 0.4) is 0 Å².